The fourth-order valence-corrected chi connectivity index (χ4v) is 5.40. The molecule has 2 fully saturated rings. The Morgan fingerprint density at radius 1 is 1.25 bits per heavy atom. The van der Waals surface area contributed by atoms with E-state index in [4.69, 9.17) is 4.74 Å². The van der Waals surface area contributed by atoms with Crippen molar-refractivity contribution in [1.29, 1.82) is 0 Å². The van der Waals surface area contributed by atoms with Gasteiger partial charge >= 0.3 is 5.97 Å². The second-order valence-electron chi connectivity index (χ2n) is 4.56. The van der Waals surface area contributed by atoms with Gasteiger partial charge in [-0.2, -0.15) is 23.5 Å². The third kappa shape index (κ3) is 1.87. The van der Waals surface area contributed by atoms with Crippen molar-refractivity contribution in [2.75, 3.05) is 30.1 Å². The maximum absolute atomic E-state index is 12.1. The smallest absolute Gasteiger partial charge is 0.315 e. The van der Waals surface area contributed by atoms with Crippen LogP contribution in [0.1, 0.15) is 19.3 Å². The molecule has 2 atom stereocenters. The second-order valence-corrected chi connectivity index (χ2v) is 6.77. The van der Waals surface area contributed by atoms with E-state index in [0.29, 0.717) is 17.9 Å². The Bertz CT molecular complexity index is 268. The van der Waals surface area contributed by atoms with Gasteiger partial charge < -0.3 is 9.84 Å². The molecule has 3 nitrogen and oxygen atoms in total. The standard InChI is InChI=1S/C11H18O3S2/c1-14-9(12)10(3-2-5-15-7-10)11(13)4-6-16-8-11/h13H,2-8H2,1H3. The number of methoxy groups -OCH3 is 1. The zero-order valence-corrected chi connectivity index (χ0v) is 11.2. The van der Waals surface area contributed by atoms with Crippen LogP contribution in [0.3, 0.4) is 0 Å². The van der Waals surface area contributed by atoms with Crippen molar-refractivity contribution in [2.45, 2.75) is 24.9 Å². The van der Waals surface area contributed by atoms with Crippen LogP contribution < -0.4 is 0 Å². The van der Waals surface area contributed by atoms with Crippen LogP contribution in [0.2, 0.25) is 0 Å². The van der Waals surface area contributed by atoms with Gasteiger partial charge in [-0.3, -0.25) is 4.79 Å². The first-order valence-corrected chi connectivity index (χ1v) is 7.92. The summed E-state index contributed by atoms with van der Waals surface area (Å²) in [7, 11) is 1.43. The van der Waals surface area contributed by atoms with Crippen LogP contribution >= 0.6 is 23.5 Å². The average Bonchev–Trinajstić information content (AvgIpc) is 2.77. The van der Waals surface area contributed by atoms with Crippen LogP contribution in [0.15, 0.2) is 0 Å². The molecule has 0 aliphatic carbocycles. The fraction of sp³-hybridized carbons (Fsp3) is 0.909. The molecule has 0 bridgehead atoms. The molecular formula is C11H18O3S2. The largest absolute Gasteiger partial charge is 0.468 e. The predicted molar refractivity (Wildman–Crippen MR) is 67.9 cm³/mol. The van der Waals surface area contributed by atoms with Gasteiger partial charge in [-0.05, 0) is 30.8 Å². The van der Waals surface area contributed by atoms with E-state index in [0.717, 1.165) is 24.3 Å². The van der Waals surface area contributed by atoms with Crippen molar-refractivity contribution in [1.82, 2.24) is 0 Å². The summed E-state index contributed by atoms with van der Waals surface area (Å²) in [6.07, 6.45) is 2.48. The average molecular weight is 262 g/mol. The van der Waals surface area contributed by atoms with E-state index in [-0.39, 0.29) is 5.97 Å². The molecule has 0 saturated carbocycles. The summed E-state index contributed by atoms with van der Waals surface area (Å²) in [5.41, 5.74) is -1.51. The maximum Gasteiger partial charge on any atom is 0.315 e. The van der Waals surface area contributed by atoms with Crippen molar-refractivity contribution in [3.8, 4) is 0 Å². The van der Waals surface area contributed by atoms with E-state index < -0.39 is 11.0 Å². The molecule has 0 aromatic carbocycles. The quantitative estimate of drug-likeness (QED) is 0.765. The van der Waals surface area contributed by atoms with Gasteiger partial charge in [0.1, 0.15) is 5.41 Å². The molecule has 92 valence electrons. The number of ether oxygens (including phenoxy) is 1. The third-order valence-electron chi connectivity index (χ3n) is 3.71. The van der Waals surface area contributed by atoms with E-state index >= 15 is 0 Å². The Kier molecular flexibility index (Phi) is 3.76. The highest BCUT2D eigenvalue weighted by molar-refractivity contribution is 7.99. The summed E-state index contributed by atoms with van der Waals surface area (Å²) < 4.78 is 4.95. The van der Waals surface area contributed by atoms with Crippen molar-refractivity contribution in [3.05, 3.63) is 0 Å². The van der Waals surface area contributed by atoms with Gasteiger partial charge in [0.05, 0.1) is 12.7 Å². The molecule has 5 heteroatoms. The molecule has 2 aliphatic heterocycles. The van der Waals surface area contributed by atoms with Crippen molar-refractivity contribution in [3.63, 3.8) is 0 Å². The molecule has 2 heterocycles. The second kappa shape index (κ2) is 4.78. The molecule has 0 amide bonds. The van der Waals surface area contributed by atoms with E-state index in [1.807, 2.05) is 0 Å². The van der Waals surface area contributed by atoms with Crippen LogP contribution in [-0.2, 0) is 9.53 Å². The van der Waals surface area contributed by atoms with Gasteiger partial charge in [0.15, 0.2) is 0 Å². The van der Waals surface area contributed by atoms with Crippen LogP contribution in [0.5, 0.6) is 0 Å². The number of rotatable bonds is 2. The number of thioether (sulfide) groups is 2. The number of hydrogen-bond donors (Lipinski definition) is 1. The third-order valence-corrected chi connectivity index (χ3v) is 6.16. The molecule has 0 aromatic heterocycles. The Labute approximate surface area is 105 Å². The van der Waals surface area contributed by atoms with Crippen LogP contribution in [0.25, 0.3) is 0 Å². The number of carbonyl (C=O) groups is 1. The van der Waals surface area contributed by atoms with E-state index in [1.54, 1.807) is 23.5 Å². The molecule has 2 rings (SSSR count). The van der Waals surface area contributed by atoms with Gasteiger partial charge in [-0.1, -0.05) is 0 Å². The Morgan fingerprint density at radius 2 is 2.00 bits per heavy atom. The molecule has 0 radical (unpaired) electrons. The first-order valence-electron chi connectivity index (χ1n) is 5.61. The summed E-state index contributed by atoms with van der Waals surface area (Å²) in [5.74, 6) is 3.19. The zero-order chi connectivity index (χ0) is 11.6. The topological polar surface area (TPSA) is 46.5 Å². The van der Waals surface area contributed by atoms with Crippen LogP contribution in [-0.4, -0.2) is 46.8 Å². The molecular weight excluding hydrogens is 244 g/mol. The van der Waals surface area contributed by atoms with Crippen molar-refractivity contribution >= 4 is 29.5 Å². The molecule has 0 spiro atoms. The fourth-order valence-electron chi connectivity index (χ4n) is 2.64. The molecule has 2 unspecified atom stereocenters. The molecule has 0 aromatic rings. The lowest BCUT2D eigenvalue weighted by atomic mass is 9.69. The van der Waals surface area contributed by atoms with Gasteiger partial charge in [0.25, 0.3) is 0 Å². The summed E-state index contributed by atoms with van der Waals surface area (Å²) in [6.45, 7) is 0. The van der Waals surface area contributed by atoms with Crippen molar-refractivity contribution in [2.24, 2.45) is 5.41 Å². The number of hydrogen-bond acceptors (Lipinski definition) is 5. The highest BCUT2D eigenvalue weighted by atomic mass is 32.2. The van der Waals surface area contributed by atoms with Gasteiger partial charge in [0.2, 0.25) is 0 Å². The molecule has 1 N–H and O–H groups in total. The summed E-state index contributed by atoms with van der Waals surface area (Å²) in [4.78, 5) is 12.1. The highest BCUT2D eigenvalue weighted by Gasteiger charge is 2.58. The monoisotopic (exact) mass is 262 g/mol. The Balaban J connectivity index is 2.28. The van der Waals surface area contributed by atoms with Crippen LogP contribution in [0.4, 0.5) is 0 Å². The maximum atomic E-state index is 12.1. The minimum absolute atomic E-state index is 0.218. The summed E-state index contributed by atoms with van der Waals surface area (Å²) in [5, 5.41) is 10.7. The summed E-state index contributed by atoms with van der Waals surface area (Å²) >= 11 is 3.49. The Morgan fingerprint density at radius 3 is 2.50 bits per heavy atom. The van der Waals surface area contributed by atoms with E-state index in [2.05, 4.69) is 0 Å². The molecule has 16 heavy (non-hydrogen) atoms. The molecule has 2 saturated heterocycles. The number of esters is 1. The zero-order valence-electron chi connectivity index (χ0n) is 9.53. The van der Waals surface area contributed by atoms with Crippen LogP contribution in [0, 0.1) is 5.41 Å². The summed E-state index contributed by atoms with van der Waals surface area (Å²) in [6, 6.07) is 0. The number of carbonyl (C=O) groups excluding carboxylic acids is 1. The SMILES string of the molecule is COC(=O)C1(C2(O)CCSC2)CCCSC1. The predicted octanol–water partition coefficient (Wildman–Crippen LogP) is 1.54. The normalized spacial score (nSPS) is 39.6. The van der Waals surface area contributed by atoms with E-state index in [1.165, 1.54) is 7.11 Å². The lowest BCUT2D eigenvalue weighted by Crippen LogP contribution is -2.56. The number of aliphatic hydroxyl groups is 1. The Hall–Kier alpha value is 0.130. The highest BCUT2D eigenvalue weighted by Crippen LogP contribution is 2.50. The first kappa shape index (κ1) is 12.6. The van der Waals surface area contributed by atoms with E-state index in [9.17, 15) is 9.90 Å². The molecule has 2 aliphatic rings. The van der Waals surface area contributed by atoms with Crippen molar-refractivity contribution < 1.29 is 14.6 Å². The first-order chi connectivity index (χ1) is 7.65. The van der Waals surface area contributed by atoms with Gasteiger partial charge in [0, 0.05) is 11.5 Å². The lowest BCUT2D eigenvalue weighted by Gasteiger charge is -2.44. The van der Waals surface area contributed by atoms with Gasteiger partial charge in [-0.25, -0.2) is 0 Å². The minimum Gasteiger partial charge on any atom is -0.468 e. The minimum atomic E-state index is -0.849. The lowest BCUT2D eigenvalue weighted by molar-refractivity contribution is -0.168. The van der Waals surface area contributed by atoms with Gasteiger partial charge in [-0.15, -0.1) is 0 Å².